The zero-order valence-electron chi connectivity index (χ0n) is 12.3. The minimum absolute atomic E-state index is 0.0576. The van der Waals surface area contributed by atoms with Crippen molar-refractivity contribution < 1.29 is 9.53 Å². The molecule has 1 aromatic heterocycles. The summed E-state index contributed by atoms with van der Waals surface area (Å²) in [5.41, 5.74) is 1.71. The zero-order valence-corrected chi connectivity index (χ0v) is 13.1. The summed E-state index contributed by atoms with van der Waals surface area (Å²) in [6.45, 7) is 4.01. The van der Waals surface area contributed by atoms with Crippen molar-refractivity contribution in [2.45, 2.75) is 20.4 Å². The molecule has 0 spiro atoms. The third-order valence-electron chi connectivity index (χ3n) is 3.16. The number of carbonyl (C=O) groups excluding carboxylic acids is 1. The molecule has 0 fully saturated rings. The molecule has 0 bridgehead atoms. The molecular weight excluding hydrogens is 290 g/mol. The van der Waals surface area contributed by atoms with Crippen molar-refractivity contribution in [1.82, 2.24) is 9.78 Å². The summed E-state index contributed by atoms with van der Waals surface area (Å²) >= 11 is 6.34. The van der Waals surface area contributed by atoms with Crippen LogP contribution >= 0.6 is 11.6 Å². The number of hydrogen-bond donors (Lipinski definition) is 0. The highest BCUT2D eigenvalue weighted by atomic mass is 35.5. The van der Waals surface area contributed by atoms with Gasteiger partial charge in [-0.1, -0.05) is 29.8 Å². The van der Waals surface area contributed by atoms with Gasteiger partial charge in [-0.15, -0.1) is 0 Å². The summed E-state index contributed by atoms with van der Waals surface area (Å²) in [6.07, 6.45) is 0. The second kappa shape index (κ2) is 6.63. The van der Waals surface area contributed by atoms with E-state index in [2.05, 4.69) is 5.10 Å². The first-order chi connectivity index (χ1) is 10.0. The fourth-order valence-electron chi connectivity index (χ4n) is 1.98. The molecular formula is C15H18ClN3O2. The Morgan fingerprint density at radius 1 is 1.38 bits per heavy atom. The summed E-state index contributed by atoms with van der Waals surface area (Å²) < 4.78 is 6.50. The van der Waals surface area contributed by atoms with E-state index in [4.69, 9.17) is 16.3 Å². The predicted octanol–water partition coefficient (Wildman–Crippen LogP) is 3.18. The number of nitrogens with zero attached hydrogens (tertiary/aromatic N) is 3. The number of esters is 1. The van der Waals surface area contributed by atoms with Crippen LogP contribution in [0, 0.1) is 6.92 Å². The maximum absolute atomic E-state index is 11.6. The fourth-order valence-corrected chi connectivity index (χ4v) is 2.24. The minimum Gasteiger partial charge on any atom is -0.465 e. The van der Waals surface area contributed by atoms with Crippen LogP contribution in [0.3, 0.4) is 0 Å². The molecule has 0 atom stereocenters. The average Bonchev–Trinajstić information content (AvgIpc) is 2.76. The third kappa shape index (κ3) is 3.36. The number of para-hydroxylation sites is 1. The molecule has 0 saturated heterocycles. The van der Waals surface area contributed by atoms with Gasteiger partial charge in [0.2, 0.25) is 0 Å². The standard InChI is InChI=1S/C15H18ClN3O2/c1-4-21-13(20)10-19-11(2)14(16)15(17-19)18(3)12-8-6-5-7-9-12/h5-9H,4,10H2,1-3H3. The molecule has 1 heterocycles. The Hall–Kier alpha value is -2.01. The van der Waals surface area contributed by atoms with Gasteiger partial charge in [-0.25, -0.2) is 0 Å². The van der Waals surface area contributed by atoms with Crippen molar-refractivity contribution in [2.75, 3.05) is 18.6 Å². The monoisotopic (exact) mass is 307 g/mol. The second-order valence-electron chi connectivity index (χ2n) is 4.58. The normalized spacial score (nSPS) is 10.5. The van der Waals surface area contributed by atoms with Gasteiger partial charge in [0.1, 0.15) is 11.6 Å². The van der Waals surface area contributed by atoms with Gasteiger partial charge in [-0.3, -0.25) is 9.48 Å². The van der Waals surface area contributed by atoms with E-state index in [1.165, 1.54) is 0 Å². The van der Waals surface area contributed by atoms with Gasteiger partial charge in [0.25, 0.3) is 0 Å². The van der Waals surface area contributed by atoms with E-state index in [0.717, 1.165) is 11.4 Å². The highest BCUT2D eigenvalue weighted by Crippen LogP contribution is 2.31. The molecule has 0 aliphatic rings. The lowest BCUT2D eigenvalue weighted by Gasteiger charge is -2.16. The van der Waals surface area contributed by atoms with Crippen molar-refractivity contribution in [2.24, 2.45) is 0 Å². The first-order valence-corrected chi connectivity index (χ1v) is 7.09. The van der Waals surface area contributed by atoms with Gasteiger partial charge in [-0.2, -0.15) is 5.10 Å². The average molecular weight is 308 g/mol. The van der Waals surface area contributed by atoms with E-state index < -0.39 is 0 Å². The van der Waals surface area contributed by atoms with E-state index in [1.54, 1.807) is 11.6 Å². The first-order valence-electron chi connectivity index (χ1n) is 6.72. The molecule has 6 heteroatoms. The lowest BCUT2D eigenvalue weighted by Crippen LogP contribution is -2.16. The lowest BCUT2D eigenvalue weighted by molar-refractivity contribution is -0.144. The van der Waals surface area contributed by atoms with Gasteiger partial charge in [0.15, 0.2) is 5.82 Å². The molecule has 0 aliphatic carbocycles. The van der Waals surface area contributed by atoms with Gasteiger partial charge in [0.05, 0.1) is 12.3 Å². The molecule has 0 radical (unpaired) electrons. The second-order valence-corrected chi connectivity index (χ2v) is 4.96. The summed E-state index contributed by atoms with van der Waals surface area (Å²) in [6, 6.07) is 9.78. The van der Waals surface area contributed by atoms with E-state index in [0.29, 0.717) is 17.4 Å². The summed E-state index contributed by atoms with van der Waals surface area (Å²) in [4.78, 5) is 13.5. The lowest BCUT2D eigenvalue weighted by atomic mass is 10.3. The summed E-state index contributed by atoms with van der Waals surface area (Å²) in [5, 5.41) is 4.95. The number of benzene rings is 1. The van der Waals surface area contributed by atoms with Crippen LogP contribution < -0.4 is 4.90 Å². The molecule has 1 aromatic carbocycles. The highest BCUT2D eigenvalue weighted by molar-refractivity contribution is 6.33. The Labute approximate surface area is 129 Å². The topological polar surface area (TPSA) is 47.4 Å². The molecule has 21 heavy (non-hydrogen) atoms. The van der Waals surface area contributed by atoms with Crippen molar-refractivity contribution in [3.8, 4) is 0 Å². The van der Waals surface area contributed by atoms with Gasteiger partial charge >= 0.3 is 5.97 Å². The minimum atomic E-state index is -0.325. The van der Waals surface area contributed by atoms with Crippen LogP contribution in [-0.4, -0.2) is 29.4 Å². The van der Waals surface area contributed by atoms with E-state index in [-0.39, 0.29) is 12.5 Å². The fraction of sp³-hybridized carbons (Fsp3) is 0.333. The first kappa shape index (κ1) is 15.4. The SMILES string of the molecule is CCOC(=O)Cn1nc(N(C)c2ccccc2)c(Cl)c1C. The molecule has 0 unspecified atom stereocenters. The van der Waals surface area contributed by atoms with Crippen LogP contribution in [0.4, 0.5) is 11.5 Å². The van der Waals surface area contributed by atoms with Crippen molar-refractivity contribution in [3.05, 3.63) is 41.0 Å². The maximum Gasteiger partial charge on any atom is 0.327 e. The number of rotatable bonds is 5. The smallest absolute Gasteiger partial charge is 0.327 e. The number of carbonyl (C=O) groups is 1. The third-order valence-corrected chi connectivity index (χ3v) is 3.60. The molecule has 2 aromatic rings. The molecule has 0 N–H and O–H groups in total. The zero-order chi connectivity index (χ0) is 15.4. The molecule has 112 valence electrons. The van der Waals surface area contributed by atoms with Gasteiger partial charge in [0, 0.05) is 12.7 Å². The largest absolute Gasteiger partial charge is 0.465 e. The summed E-state index contributed by atoms with van der Waals surface area (Å²) in [5.74, 6) is 0.290. The Morgan fingerprint density at radius 2 is 2.05 bits per heavy atom. The van der Waals surface area contributed by atoms with Crippen LogP contribution in [0.25, 0.3) is 0 Å². The molecule has 0 saturated carbocycles. The molecule has 2 rings (SSSR count). The highest BCUT2D eigenvalue weighted by Gasteiger charge is 2.19. The number of aromatic nitrogens is 2. The molecule has 0 aliphatic heterocycles. The Morgan fingerprint density at radius 3 is 2.67 bits per heavy atom. The van der Waals surface area contributed by atoms with E-state index >= 15 is 0 Å². The van der Waals surface area contributed by atoms with Crippen LogP contribution in [-0.2, 0) is 16.1 Å². The predicted molar refractivity (Wildman–Crippen MR) is 83.1 cm³/mol. The quantitative estimate of drug-likeness (QED) is 0.796. The molecule has 5 nitrogen and oxygen atoms in total. The Kier molecular flexibility index (Phi) is 4.85. The van der Waals surface area contributed by atoms with Gasteiger partial charge < -0.3 is 9.64 Å². The van der Waals surface area contributed by atoms with Crippen molar-refractivity contribution >= 4 is 29.1 Å². The van der Waals surface area contributed by atoms with Crippen molar-refractivity contribution in [1.29, 1.82) is 0 Å². The number of ether oxygens (including phenoxy) is 1. The van der Waals surface area contributed by atoms with Crippen LogP contribution in [0.15, 0.2) is 30.3 Å². The van der Waals surface area contributed by atoms with Crippen LogP contribution in [0.1, 0.15) is 12.6 Å². The maximum atomic E-state index is 11.6. The number of hydrogen-bond acceptors (Lipinski definition) is 4. The van der Waals surface area contributed by atoms with E-state index in [9.17, 15) is 4.79 Å². The number of halogens is 1. The van der Waals surface area contributed by atoms with Crippen LogP contribution in [0.5, 0.6) is 0 Å². The summed E-state index contributed by atoms with van der Waals surface area (Å²) in [7, 11) is 1.89. The Bertz CT molecular complexity index is 625. The van der Waals surface area contributed by atoms with E-state index in [1.807, 2.05) is 49.2 Å². The van der Waals surface area contributed by atoms with Gasteiger partial charge in [-0.05, 0) is 26.0 Å². The van der Waals surface area contributed by atoms with Crippen LogP contribution in [0.2, 0.25) is 5.02 Å². The molecule has 0 amide bonds. The van der Waals surface area contributed by atoms with Crippen molar-refractivity contribution in [3.63, 3.8) is 0 Å². The Balaban J connectivity index is 2.27. The number of anilines is 2.